The fraction of sp³-hybridized carbons (Fsp3) is 0.200. The molecule has 0 bridgehead atoms. The van der Waals surface area contributed by atoms with Crippen LogP contribution in [0, 0.1) is 0 Å². The molecule has 9 nitrogen and oxygen atoms in total. The SMILES string of the molecule is COC(=O)c1ccccc1NC(=O)[C@H](Cc1ccccc1)NS(=O)(=O)c1ccc(OC)c(OC)c1. The van der Waals surface area contributed by atoms with Gasteiger partial charge in [0.05, 0.1) is 37.5 Å². The van der Waals surface area contributed by atoms with Crippen molar-refractivity contribution in [2.24, 2.45) is 0 Å². The molecular weight excluding hydrogens is 472 g/mol. The molecule has 0 aliphatic heterocycles. The Morgan fingerprint density at radius 2 is 1.51 bits per heavy atom. The third kappa shape index (κ3) is 6.37. The first-order chi connectivity index (χ1) is 16.8. The van der Waals surface area contributed by atoms with Crippen molar-refractivity contribution in [2.45, 2.75) is 17.4 Å². The molecule has 0 heterocycles. The van der Waals surface area contributed by atoms with Gasteiger partial charge in [-0.25, -0.2) is 13.2 Å². The van der Waals surface area contributed by atoms with Gasteiger partial charge in [-0.15, -0.1) is 0 Å². The summed E-state index contributed by atoms with van der Waals surface area (Å²) in [5.74, 6) is -0.684. The molecule has 2 N–H and O–H groups in total. The van der Waals surface area contributed by atoms with Crippen molar-refractivity contribution in [2.75, 3.05) is 26.6 Å². The van der Waals surface area contributed by atoms with Crippen LogP contribution in [0.1, 0.15) is 15.9 Å². The van der Waals surface area contributed by atoms with Crippen LogP contribution in [-0.4, -0.2) is 47.7 Å². The minimum Gasteiger partial charge on any atom is -0.493 e. The van der Waals surface area contributed by atoms with Crippen LogP contribution < -0.4 is 19.5 Å². The third-order valence-electron chi connectivity index (χ3n) is 5.15. The molecule has 184 valence electrons. The summed E-state index contributed by atoms with van der Waals surface area (Å²) in [6.07, 6.45) is 0.0690. The summed E-state index contributed by atoms with van der Waals surface area (Å²) >= 11 is 0. The van der Waals surface area contributed by atoms with Gasteiger partial charge >= 0.3 is 5.97 Å². The molecule has 35 heavy (non-hydrogen) atoms. The number of methoxy groups -OCH3 is 3. The first-order valence-electron chi connectivity index (χ1n) is 10.6. The van der Waals surface area contributed by atoms with Crippen LogP contribution >= 0.6 is 0 Å². The lowest BCUT2D eigenvalue weighted by Crippen LogP contribution is -2.45. The minimum atomic E-state index is -4.14. The maximum absolute atomic E-state index is 13.3. The summed E-state index contributed by atoms with van der Waals surface area (Å²) in [4.78, 5) is 25.3. The van der Waals surface area contributed by atoms with E-state index in [1.165, 1.54) is 51.7 Å². The molecule has 3 aromatic carbocycles. The number of carbonyl (C=O) groups excluding carboxylic acids is 2. The number of sulfonamides is 1. The van der Waals surface area contributed by atoms with Gasteiger partial charge in [0, 0.05) is 6.07 Å². The topological polar surface area (TPSA) is 120 Å². The average Bonchev–Trinajstić information content (AvgIpc) is 2.88. The number of benzene rings is 3. The molecule has 1 amide bonds. The molecule has 10 heteroatoms. The molecule has 0 unspecified atom stereocenters. The zero-order chi connectivity index (χ0) is 25.4. The molecule has 0 radical (unpaired) electrons. The number of hydrogen-bond acceptors (Lipinski definition) is 7. The number of amides is 1. The highest BCUT2D eigenvalue weighted by Gasteiger charge is 2.28. The largest absolute Gasteiger partial charge is 0.493 e. The first kappa shape index (κ1) is 25.7. The number of para-hydroxylation sites is 1. The molecule has 0 saturated heterocycles. The minimum absolute atomic E-state index is 0.0690. The highest BCUT2D eigenvalue weighted by molar-refractivity contribution is 7.89. The van der Waals surface area contributed by atoms with E-state index in [1.54, 1.807) is 36.4 Å². The smallest absolute Gasteiger partial charge is 0.339 e. The Balaban J connectivity index is 1.93. The number of nitrogens with one attached hydrogen (secondary N) is 2. The van der Waals surface area contributed by atoms with Crippen molar-refractivity contribution in [3.05, 3.63) is 83.9 Å². The van der Waals surface area contributed by atoms with Crippen LogP contribution in [-0.2, 0) is 26.0 Å². The Labute approximate surface area is 204 Å². The number of carbonyl (C=O) groups is 2. The lowest BCUT2D eigenvalue weighted by molar-refractivity contribution is -0.117. The lowest BCUT2D eigenvalue weighted by Gasteiger charge is -2.20. The standard InChI is InChI=1S/C25H26N2O7S/c1-32-22-14-13-18(16-23(22)33-2)35(30,31)27-21(15-17-9-5-4-6-10-17)24(28)26-20-12-8-7-11-19(20)25(29)34-3/h4-14,16,21,27H,15H2,1-3H3,(H,26,28)/t21-/m0/s1. The second-order valence-corrected chi connectivity index (χ2v) is 9.12. The number of hydrogen-bond donors (Lipinski definition) is 2. The summed E-state index contributed by atoms with van der Waals surface area (Å²) in [6, 6.07) is 18.2. The first-order valence-corrected chi connectivity index (χ1v) is 12.0. The zero-order valence-corrected chi connectivity index (χ0v) is 20.3. The third-order valence-corrected chi connectivity index (χ3v) is 6.62. The van der Waals surface area contributed by atoms with E-state index < -0.39 is 27.9 Å². The van der Waals surface area contributed by atoms with E-state index in [9.17, 15) is 18.0 Å². The second-order valence-electron chi connectivity index (χ2n) is 7.41. The van der Waals surface area contributed by atoms with E-state index in [2.05, 4.69) is 10.0 Å². The van der Waals surface area contributed by atoms with Gasteiger partial charge < -0.3 is 19.5 Å². The van der Waals surface area contributed by atoms with Gasteiger partial charge in [0.2, 0.25) is 15.9 Å². The van der Waals surface area contributed by atoms with Crippen molar-refractivity contribution in [3.8, 4) is 11.5 Å². The van der Waals surface area contributed by atoms with Gasteiger partial charge in [-0.1, -0.05) is 42.5 Å². The van der Waals surface area contributed by atoms with Gasteiger partial charge in [-0.3, -0.25) is 4.79 Å². The van der Waals surface area contributed by atoms with E-state index in [1.807, 2.05) is 6.07 Å². The molecule has 3 aromatic rings. The molecular formula is C25H26N2O7S. The molecule has 0 saturated carbocycles. The van der Waals surface area contributed by atoms with Crippen molar-refractivity contribution in [3.63, 3.8) is 0 Å². The van der Waals surface area contributed by atoms with E-state index >= 15 is 0 Å². The number of rotatable bonds is 10. The van der Waals surface area contributed by atoms with Crippen LogP contribution in [0.5, 0.6) is 11.5 Å². The highest BCUT2D eigenvalue weighted by Crippen LogP contribution is 2.29. The monoisotopic (exact) mass is 498 g/mol. The van der Waals surface area contributed by atoms with Crippen molar-refractivity contribution >= 4 is 27.6 Å². The molecule has 0 aromatic heterocycles. The summed E-state index contributed by atoms with van der Waals surface area (Å²) in [7, 11) is -0.0750. The fourth-order valence-corrected chi connectivity index (χ4v) is 4.59. The summed E-state index contributed by atoms with van der Waals surface area (Å²) in [6.45, 7) is 0. The van der Waals surface area contributed by atoms with Gasteiger partial charge in [-0.2, -0.15) is 4.72 Å². The average molecular weight is 499 g/mol. The second kappa shape index (κ2) is 11.5. The maximum Gasteiger partial charge on any atom is 0.339 e. The Morgan fingerprint density at radius 1 is 0.857 bits per heavy atom. The molecule has 0 fully saturated rings. The highest BCUT2D eigenvalue weighted by atomic mass is 32.2. The van der Waals surface area contributed by atoms with Crippen LogP contribution in [0.15, 0.2) is 77.7 Å². The fourth-order valence-electron chi connectivity index (χ4n) is 3.38. The molecule has 1 atom stereocenters. The predicted molar refractivity (Wildman–Crippen MR) is 130 cm³/mol. The molecule has 3 rings (SSSR count). The number of ether oxygens (including phenoxy) is 3. The summed E-state index contributed by atoms with van der Waals surface area (Å²) in [5, 5.41) is 2.65. The quantitative estimate of drug-likeness (QED) is 0.412. The summed E-state index contributed by atoms with van der Waals surface area (Å²) < 4.78 is 44.1. The van der Waals surface area contributed by atoms with Crippen LogP contribution in [0.25, 0.3) is 0 Å². The molecule has 0 aliphatic carbocycles. The van der Waals surface area contributed by atoms with Gasteiger partial charge in [0.25, 0.3) is 0 Å². The van der Waals surface area contributed by atoms with Crippen LogP contribution in [0.3, 0.4) is 0 Å². The Kier molecular flexibility index (Phi) is 8.45. The number of anilines is 1. The van der Waals surface area contributed by atoms with Gasteiger partial charge in [0.1, 0.15) is 6.04 Å². The summed E-state index contributed by atoms with van der Waals surface area (Å²) in [5.41, 5.74) is 1.08. The Hall–Kier alpha value is -3.89. The Bertz CT molecular complexity index is 1290. The predicted octanol–water partition coefficient (Wildman–Crippen LogP) is 3.02. The van der Waals surface area contributed by atoms with Gasteiger partial charge in [-0.05, 0) is 36.2 Å². The normalized spacial score (nSPS) is 11.9. The van der Waals surface area contributed by atoms with E-state index in [0.29, 0.717) is 5.75 Å². The van der Waals surface area contributed by atoms with E-state index in [0.717, 1.165) is 5.56 Å². The Morgan fingerprint density at radius 3 is 2.17 bits per heavy atom. The molecule has 0 spiro atoms. The van der Waals surface area contributed by atoms with Crippen molar-refractivity contribution in [1.29, 1.82) is 0 Å². The number of esters is 1. The van der Waals surface area contributed by atoms with Crippen LogP contribution in [0.4, 0.5) is 5.69 Å². The van der Waals surface area contributed by atoms with Gasteiger partial charge in [0.15, 0.2) is 11.5 Å². The molecule has 0 aliphatic rings. The van der Waals surface area contributed by atoms with Crippen molar-refractivity contribution in [1.82, 2.24) is 4.72 Å². The zero-order valence-electron chi connectivity index (χ0n) is 19.5. The van der Waals surface area contributed by atoms with Crippen LogP contribution in [0.2, 0.25) is 0 Å². The van der Waals surface area contributed by atoms with E-state index in [4.69, 9.17) is 14.2 Å². The lowest BCUT2D eigenvalue weighted by atomic mass is 10.1. The maximum atomic E-state index is 13.3. The van der Waals surface area contributed by atoms with E-state index in [-0.39, 0.29) is 28.3 Å². The van der Waals surface area contributed by atoms with Crippen molar-refractivity contribution < 1.29 is 32.2 Å².